The van der Waals surface area contributed by atoms with E-state index in [1.165, 1.54) is 12.1 Å². The number of carbonyl (C=O) groups excluding carboxylic acids is 1. The molecule has 1 unspecified atom stereocenters. The van der Waals surface area contributed by atoms with Gasteiger partial charge >= 0.3 is 0 Å². The summed E-state index contributed by atoms with van der Waals surface area (Å²) < 4.78 is 18.5. The van der Waals surface area contributed by atoms with Gasteiger partial charge in [0.25, 0.3) is 0 Å². The van der Waals surface area contributed by atoms with E-state index < -0.39 is 6.10 Å². The van der Waals surface area contributed by atoms with Crippen LogP contribution in [0.2, 0.25) is 0 Å². The van der Waals surface area contributed by atoms with Gasteiger partial charge in [0, 0.05) is 25.0 Å². The number of carbonyl (C=O) groups is 1. The van der Waals surface area contributed by atoms with Crippen LogP contribution in [0.25, 0.3) is 0 Å². The Hall–Kier alpha value is -1.17. The molecule has 1 aromatic carbocycles. The van der Waals surface area contributed by atoms with Crippen molar-refractivity contribution in [2.24, 2.45) is 0 Å². The molecule has 4 nitrogen and oxygen atoms in total. The van der Waals surface area contributed by atoms with Gasteiger partial charge in [0.15, 0.2) is 0 Å². The van der Waals surface area contributed by atoms with Gasteiger partial charge in [0.1, 0.15) is 11.9 Å². The summed E-state index contributed by atoms with van der Waals surface area (Å²) in [6.45, 7) is 2.52. The molecule has 1 atom stereocenters. The molecule has 2 aliphatic rings. The Labute approximate surface area is 136 Å². The van der Waals surface area contributed by atoms with Crippen LogP contribution >= 0.6 is 12.4 Å². The maximum atomic E-state index is 13.1. The molecule has 122 valence electrons. The van der Waals surface area contributed by atoms with Gasteiger partial charge in [-0.05, 0) is 30.5 Å². The lowest BCUT2D eigenvalue weighted by molar-refractivity contribution is -0.134. The van der Waals surface area contributed by atoms with Crippen LogP contribution in [0, 0.1) is 5.82 Å². The maximum Gasteiger partial charge on any atom is 0.250 e. The molecule has 1 aliphatic carbocycles. The molecule has 1 heterocycles. The average molecular weight is 329 g/mol. The first kappa shape index (κ1) is 17.2. The predicted octanol–water partition coefficient (Wildman–Crippen LogP) is 1.77. The number of hydrogen-bond donors (Lipinski definition) is 2. The van der Waals surface area contributed by atoms with Gasteiger partial charge in [-0.1, -0.05) is 18.6 Å². The van der Waals surface area contributed by atoms with E-state index in [4.69, 9.17) is 4.74 Å². The van der Waals surface area contributed by atoms with Gasteiger partial charge in [-0.15, -0.1) is 12.4 Å². The van der Waals surface area contributed by atoms with E-state index in [0.29, 0.717) is 19.7 Å². The molecule has 2 fully saturated rings. The minimum Gasteiger partial charge on any atom is -0.366 e. The highest BCUT2D eigenvalue weighted by Crippen LogP contribution is 2.43. The van der Waals surface area contributed by atoms with Gasteiger partial charge in [-0.25, -0.2) is 4.39 Å². The fourth-order valence-electron chi connectivity index (χ4n) is 3.08. The largest absolute Gasteiger partial charge is 0.366 e. The molecule has 1 saturated carbocycles. The molecule has 2 N–H and O–H groups in total. The molecule has 0 radical (unpaired) electrons. The minimum atomic E-state index is -0.399. The summed E-state index contributed by atoms with van der Waals surface area (Å²) in [6.07, 6.45) is 2.81. The maximum absolute atomic E-state index is 13.1. The average Bonchev–Trinajstić information content (AvgIpc) is 2.48. The van der Waals surface area contributed by atoms with Gasteiger partial charge < -0.3 is 15.4 Å². The Morgan fingerprint density at radius 3 is 2.64 bits per heavy atom. The molecule has 0 spiro atoms. The van der Waals surface area contributed by atoms with Crippen LogP contribution in [0.5, 0.6) is 0 Å². The highest BCUT2D eigenvalue weighted by atomic mass is 35.5. The highest BCUT2D eigenvalue weighted by molar-refractivity contribution is 5.85. The second-order valence-corrected chi connectivity index (χ2v) is 5.92. The van der Waals surface area contributed by atoms with Crippen LogP contribution in [0.3, 0.4) is 0 Å². The summed E-state index contributed by atoms with van der Waals surface area (Å²) in [4.78, 5) is 12.1. The first-order chi connectivity index (χ1) is 10.2. The van der Waals surface area contributed by atoms with Crippen molar-refractivity contribution in [1.29, 1.82) is 0 Å². The van der Waals surface area contributed by atoms with Crippen LogP contribution in [0.15, 0.2) is 24.3 Å². The molecule has 1 aromatic rings. The van der Waals surface area contributed by atoms with Crippen LogP contribution in [0.1, 0.15) is 24.8 Å². The summed E-state index contributed by atoms with van der Waals surface area (Å²) in [5.41, 5.74) is 1.07. The van der Waals surface area contributed by atoms with Gasteiger partial charge in [0.05, 0.1) is 6.61 Å². The van der Waals surface area contributed by atoms with Crippen molar-refractivity contribution in [3.05, 3.63) is 35.6 Å². The van der Waals surface area contributed by atoms with Crippen molar-refractivity contribution in [3.63, 3.8) is 0 Å². The smallest absolute Gasteiger partial charge is 0.250 e. The first-order valence-electron chi connectivity index (χ1n) is 7.56. The number of amides is 1. The normalized spacial score (nSPS) is 23.0. The van der Waals surface area contributed by atoms with Crippen molar-refractivity contribution in [2.75, 3.05) is 26.2 Å². The van der Waals surface area contributed by atoms with Crippen LogP contribution in [-0.2, 0) is 14.9 Å². The van der Waals surface area contributed by atoms with Crippen molar-refractivity contribution < 1.29 is 13.9 Å². The van der Waals surface area contributed by atoms with Gasteiger partial charge in [-0.3, -0.25) is 4.79 Å². The monoisotopic (exact) mass is 328 g/mol. The molecule has 6 heteroatoms. The van der Waals surface area contributed by atoms with Crippen LogP contribution < -0.4 is 10.6 Å². The van der Waals surface area contributed by atoms with Gasteiger partial charge in [0.2, 0.25) is 5.91 Å². The van der Waals surface area contributed by atoms with Crippen molar-refractivity contribution in [3.8, 4) is 0 Å². The standard InChI is InChI=1S/C16H21FN2O2.ClH/c17-13-4-2-12(3-5-13)16(6-1-7-16)11-19-15(20)14-10-18-8-9-21-14;/h2-5,14,18H,1,6-11H2,(H,19,20);1H. The Kier molecular flexibility index (Phi) is 5.78. The SMILES string of the molecule is Cl.O=C(NCC1(c2ccc(F)cc2)CCC1)C1CNCCO1. The Morgan fingerprint density at radius 1 is 1.36 bits per heavy atom. The molecule has 0 bridgehead atoms. The number of rotatable bonds is 4. The fourth-order valence-corrected chi connectivity index (χ4v) is 3.08. The second-order valence-electron chi connectivity index (χ2n) is 5.92. The lowest BCUT2D eigenvalue weighted by Crippen LogP contribution is -2.52. The summed E-state index contributed by atoms with van der Waals surface area (Å²) >= 11 is 0. The molecule has 1 amide bonds. The van der Waals surface area contributed by atoms with Crippen molar-refractivity contribution in [2.45, 2.75) is 30.8 Å². The fraction of sp³-hybridized carbons (Fsp3) is 0.562. The molecule has 22 heavy (non-hydrogen) atoms. The second kappa shape index (κ2) is 7.40. The number of ether oxygens (including phenoxy) is 1. The molecule has 0 aromatic heterocycles. The number of morpholine rings is 1. The Bertz CT molecular complexity index is 499. The molecule has 3 rings (SSSR count). The van der Waals surface area contributed by atoms with Crippen LogP contribution in [0.4, 0.5) is 4.39 Å². The van der Waals surface area contributed by atoms with Gasteiger partial charge in [-0.2, -0.15) is 0 Å². The van der Waals surface area contributed by atoms with Crippen LogP contribution in [-0.4, -0.2) is 38.3 Å². The highest BCUT2D eigenvalue weighted by Gasteiger charge is 2.39. The predicted molar refractivity (Wildman–Crippen MR) is 84.8 cm³/mol. The zero-order chi connectivity index (χ0) is 14.7. The third kappa shape index (κ3) is 3.59. The lowest BCUT2D eigenvalue weighted by Gasteiger charge is -2.43. The summed E-state index contributed by atoms with van der Waals surface area (Å²) in [7, 11) is 0. The van der Waals surface area contributed by atoms with E-state index in [2.05, 4.69) is 10.6 Å². The quantitative estimate of drug-likeness (QED) is 0.885. The number of benzene rings is 1. The van der Waals surface area contributed by atoms with E-state index in [9.17, 15) is 9.18 Å². The zero-order valence-corrected chi connectivity index (χ0v) is 13.3. The molecule has 1 aliphatic heterocycles. The number of nitrogens with one attached hydrogen (secondary N) is 2. The number of halogens is 2. The van der Waals surface area contributed by atoms with E-state index in [-0.39, 0.29) is 29.5 Å². The molecular formula is C16H22ClFN2O2. The zero-order valence-electron chi connectivity index (χ0n) is 12.4. The van der Waals surface area contributed by atoms with Crippen molar-refractivity contribution >= 4 is 18.3 Å². The molecule has 1 saturated heterocycles. The first-order valence-corrected chi connectivity index (χ1v) is 7.56. The van der Waals surface area contributed by atoms with Crippen molar-refractivity contribution in [1.82, 2.24) is 10.6 Å². The van der Waals surface area contributed by atoms with E-state index in [1.807, 2.05) is 12.1 Å². The summed E-state index contributed by atoms with van der Waals surface area (Å²) in [5, 5.41) is 6.16. The lowest BCUT2D eigenvalue weighted by atomic mass is 9.64. The van der Waals surface area contributed by atoms with E-state index >= 15 is 0 Å². The van der Waals surface area contributed by atoms with E-state index in [0.717, 1.165) is 31.4 Å². The topological polar surface area (TPSA) is 50.4 Å². The minimum absolute atomic E-state index is 0. The summed E-state index contributed by atoms with van der Waals surface area (Å²) in [6, 6.07) is 6.65. The Balaban J connectivity index is 0.00000176. The third-order valence-electron chi connectivity index (χ3n) is 4.59. The summed E-state index contributed by atoms with van der Waals surface area (Å²) in [5.74, 6) is -0.283. The molecular weight excluding hydrogens is 307 g/mol. The third-order valence-corrected chi connectivity index (χ3v) is 4.59. The van der Waals surface area contributed by atoms with E-state index in [1.54, 1.807) is 0 Å². The number of hydrogen-bond acceptors (Lipinski definition) is 3. The Morgan fingerprint density at radius 2 is 2.09 bits per heavy atom.